The van der Waals surface area contributed by atoms with Gasteiger partial charge in [0.1, 0.15) is 35.4 Å². The van der Waals surface area contributed by atoms with E-state index in [4.69, 9.17) is 5.73 Å². The number of hydrogen-bond acceptors (Lipinski definition) is 6. The average molecular weight is 515 g/mol. The van der Waals surface area contributed by atoms with Gasteiger partial charge in [-0.15, -0.1) is 0 Å². The van der Waals surface area contributed by atoms with Gasteiger partial charge in [-0.05, 0) is 56.7 Å². The third kappa shape index (κ3) is 5.20. The van der Waals surface area contributed by atoms with Crippen molar-refractivity contribution in [1.29, 1.82) is 0 Å². The van der Waals surface area contributed by atoms with E-state index < -0.39 is 29.4 Å². The number of nitrogens with zero attached hydrogens (tertiary/aromatic N) is 4. The molecule has 2 aromatic heterocycles. The van der Waals surface area contributed by atoms with Crippen molar-refractivity contribution in [3.05, 3.63) is 65.6 Å². The summed E-state index contributed by atoms with van der Waals surface area (Å²) in [6.45, 7) is 5.98. The van der Waals surface area contributed by atoms with E-state index in [0.717, 1.165) is 12.1 Å². The maximum Gasteiger partial charge on any atom is 0.433 e. The fourth-order valence-corrected chi connectivity index (χ4v) is 3.84. The first kappa shape index (κ1) is 25.5. The van der Waals surface area contributed by atoms with E-state index in [1.54, 1.807) is 34.0 Å². The second-order valence-corrected chi connectivity index (χ2v) is 9.23. The molecule has 0 saturated carbocycles. The van der Waals surface area contributed by atoms with Crippen LogP contribution in [0, 0.1) is 0 Å². The van der Waals surface area contributed by atoms with Crippen LogP contribution in [0.2, 0.25) is 0 Å². The number of anilines is 2. The quantitative estimate of drug-likeness (QED) is 0.408. The molecule has 3 heterocycles. The summed E-state index contributed by atoms with van der Waals surface area (Å²) in [5, 5.41) is 16.4. The lowest BCUT2D eigenvalue weighted by Crippen LogP contribution is -2.54. The lowest BCUT2D eigenvalue weighted by Gasteiger charge is -2.40. The predicted octanol–water partition coefficient (Wildman–Crippen LogP) is 4.32. The maximum absolute atomic E-state index is 12.8. The lowest BCUT2D eigenvalue weighted by atomic mass is 10.0. The Labute approximate surface area is 209 Å². The number of nitrogens with one attached hydrogen (secondary N) is 2. The molecule has 4 rings (SSSR count). The van der Waals surface area contributed by atoms with Crippen molar-refractivity contribution in [1.82, 2.24) is 9.66 Å². The minimum Gasteiger partial charge on any atom is -0.477 e. The SMILES string of the molecule is CC(C)(C)N1CN=C(N)c2c(-c3ccc(NC(=O)Nc4cccc(C(F)(F)F)n4)cc3)cc(C(=O)O)n21. The zero-order chi connectivity index (χ0) is 27.1. The van der Waals surface area contributed by atoms with Crippen molar-refractivity contribution < 1.29 is 27.9 Å². The van der Waals surface area contributed by atoms with Crippen molar-refractivity contribution in [3.8, 4) is 11.1 Å². The normalized spacial score (nSPS) is 13.6. The summed E-state index contributed by atoms with van der Waals surface area (Å²) in [5.74, 6) is -1.20. The maximum atomic E-state index is 12.8. The Balaban J connectivity index is 1.58. The van der Waals surface area contributed by atoms with Gasteiger partial charge in [0, 0.05) is 11.3 Å². The van der Waals surface area contributed by atoms with Crippen LogP contribution in [-0.4, -0.2) is 44.8 Å². The molecule has 0 radical (unpaired) electrons. The monoisotopic (exact) mass is 515 g/mol. The van der Waals surface area contributed by atoms with Gasteiger partial charge in [0.25, 0.3) is 0 Å². The third-order valence-electron chi connectivity index (χ3n) is 5.56. The van der Waals surface area contributed by atoms with E-state index in [1.807, 2.05) is 20.8 Å². The highest BCUT2D eigenvalue weighted by atomic mass is 19.4. The number of rotatable bonds is 4. The number of alkyl halides is 3. The van der Waals surface area contributed by atoms with Gasteiger partial charge in [-0.1, -0.05) is 18.2 Å². The number of aromatic carboxylic acids is 1. The van der Waals surface area contributed by atoms with Gasteiger partial charge in [0.05, 0.1) is 5.54 Å². The molecule has 0 bridgehead atoms. The number of nitrogens with two attached hydrogens (primary N) is 1. The van der Waals surface area contributed by atoms with Crippen molar-refractivity contribution in [2.45, 2.75) is 32.5 Å². The fourth-order valence-electron chi connectivity index (χ4n) is 3.84. The molecule has 13 heteroatoms. The second kappa shape index (κ2) is 9.15. The lowest BCUT2D eigenvalue weighted by molar-refractivity contribution is -0.141. The molecule has 1 aliphatic heterocycles. The molecule has 5 N–H and O–H groups in total. The summed E-state index contributed by atoms with van der Waals surface area (Å²) in [7, 11) is 0. The number of aliphatic imine (C=N–C) groups is 1. The summed E-state index contributed by atoms with van der Waals surface area (Å²) in [5.41, 5.74) is 6.57. The van der Waals surface area contributed by atoms with Crippen LogP contribution in [0.5, 0.6) is 0 Å². The number of halogens is 3. The van der Waals surface area contributed by atoms with Crippen molar-refractivity contribution in [2.24, 2.45) is 10.7 Å². The van der Waals surface area contributed by atoms with Crippen LogP contribution in [0.15, 0.2) is 53.5 Å². The number of hydrogen-bond donors (Lipinski definition) is 4. The molecular formula is C24H24F3N7O3. The number of carboxylic acid groups (broad SMARTS) is 1. The average Bonchev–Trinajstić information content (AvgIpc) is 3.20. The molecule has 3 aromatic rings. The summed E-state index contributed by atoms with van der Waals surface area (Å²) in [6, 6.07) is 10.3. The Bertz CT molecular complexity index is 1390. The second-order valence-electron chi connectivity index (χ2n) is 9.23. The van der Waals surface area contributed by atoms with Gasteiger partial charge in [0.2, 0.25) is 0 Å². The summed E-state index contributed by atoms with van der Waals surface area (Å²) in [6.07, 6.45) is -4.64. The highest BCUT2D eigenvalue weighted by Gasteiger charge is 2.34. The number of carbonyl (C=O) groups is 2. The molecule has 0 spiro atoms. The van der Waals surface area contributed by atoms with Gasteiger partial charge in [-0.25, -0.2) is 24.2 Å². The molecule has 194 valence electrons. The van der Waals surface area contributed by atoms with E-state index in [2.05, 4.69) is 20.6 Å². The van der Waals surface area contributed by atoms with Crippen LogP contribution in [0.4, 0.5) is 29.5 Å². The van der Waals surface area contributed by atoms with Crippen LogP contribution >= 0.6 is 0 Å². The van der Waals surface area contributed by atoms with E-state index in [9.17, 15) is 27.9 Å². The Hall–Kier alpha value is -4.55. The van der Waals surface area contributed by atoms with Gasteiger partial charge in [-0.3, -0.25) is 10.3 Å². The van der Waals surface area contributed by atoms with Crippen LogP contribution in [-0.2, 0) is 6.18 Å². The Kier molecular flexibility index (Phi) is 6.32. The molecule has 0 unspecified atom stereocenters. The number of amides is 2. The number of pyridine rings is 1. The molecule has 2 amide bonds. The number of urea groups is 1. The highest BCUT2D eigenvalue weighted by molar-refractivity contribution is 6.06. The van der Waals surface area contributed by atoms with Gasteiger partial charge < -0.3 is 16.2 Å². The Morgan fingerprint density at radius 3 is 2.32 bits per heavy atom. The first-order valence-corrected chi connectivity index (χ1v) is 11.1. The van der Waals surface area contributed by atoms with Gasteiger partial charge in [0.15, 0.2) is 0 Å². The predicted molar refractivity (Wildman–Crippen MR) is 132 cm³/mol. The number of carbonyl (C=O) groups excluding carboxylic acids is 1. The molecule has 1 aliphatic rings. The van der Waals surface area contributed by atoms with Crippen molar-refractivity contribution >= 4 is 29.3 Å². The number of carboxylic acids is 1. The van der Waals surface area contributed by atoms with Crippen molar-refractivity contribution in [3.63, 3.8) is 0 Å². The largest absolute Gasteiger partial charge is 0.477 e. The summed E-state index contributed by atoms with van der Waals surface area (Å²) in [4.78, 5) is 32.1. The van der Waals surface area contributed by atoms with E-state index in [-0.39, 0.29) is 24.0 Å². The minimum absolute atomic E-state index is 0.0212. The minimum atomic E-state index is -4.64. The fraction of sp³-hybridized carbons (Fsp3) is 0.250. The smallest absolute Gasteiger partial charge is 0.433 e. The molecule has 0 saturated heterocycles. The van der Waals surface area contributed by atoms with Crippen LogP contribution in [0.3, 0.4) is 0 Å². The third-order valence-corrected chi connectivity index (χ3v) is 5.56. The number of amidine groups is 1. The zero-order valence-corrected chi connectivity index (χ0v) is 20.1. The first-order valence-electron chi connectivity index (χ1n) is 11.1. The summed E-state index contributed by atoms with van der Waals surface area (Å²) >= 11 is 0. The van der Waals surface area contributed by atoms with E-state index in [1.165, 1.54) is 12.1 Å². The molecule has 10 nitrogen and oxygen atoms in total. The Morgan fingerprint density at radius 2 is 1.73 bits per heavy atom. The van der Waals surface area contributed by atoms with Crippen molar-refractivity contribution in [2.75, 3.05) is 22.3 Å². The van der Waals surface area contributed by atoms with E-state index >= 15 is 0 Å². The molecule has 37 heavy (non-hydrogen) atoms. The van der Waals surface area contributed by atoms with E-state index in [0.29, 0.717) is 22.5 Å². The zero-order valence-electron chi connectivity index (χ0n) is 20.1. The number of fused-ring (bicyclic) bond motifs is 1. The molecule has 0 fully saturated rings. The van der Waals surface area contributed by atoms with Gasteiger partial charge >= 0.3 is 18.2 Å². The van der Waals surface area contributed by atoms with Crippen LogP contribution in [0.25, 0.3) is 11.1 Å². The molecular weight excluding hydrogens is 491 g/mol. The van der Waals surface area contributed by atoms with Crippen LogP contribution < -0.4 is 21.4 Å². The van der Waals surface area contributed by atoms with Gasteiger partial charge in [-0.2, -0.15) is 13.2 Å². The highest BCUT2D eigenvalue weighted by Crippen LogP contribution is 2.32. The Morgan fingerprint density at radius 1 is 1.05 bits per heavy atom. The number of aromatic nitrogens is 2. The molecule has 0 aliphatic carbocycles. The topological polar surface area (TPSA) is 138 Å². The van der Waals surface area contributed by atoms with Crippen LogP contribution in [0.1, 0.15) is 42.6 Å². The number of benzene rings is 1. The molecule has 0 atom stereocenters. The standard InChI is InChI=1S/C24H24F3N7O3/c1-23(2,3)33-12-29-20(28)19-15(11-16(21(35)36)34(19)33)13-7-9-14(10-8-13)30-22(37)32-18-6-4-5-17(31-18)24(25,26)27/h4-11H,12H2,1-3H3,(H2,28,29)(H,35,36)(H2,30,31,32,37). The summed E-state index contributed by atoms with van der Waals surface area (Å²) < 4.78 is 40.1. The molecule has 1 aromatic carbocycles. The first-order chi connectivity index (χ1) is 17.3.